The van der Waals surface area contributed by atoms with Gasteiger partial charge in [0.2, 0.25) is 0 Å². The average molecular weight is 367 g/mol. The zero-order chi connectivity index (χ0) is 12.8. The van der Waals surface area contributed by atoms with E-state index in [1.54, 1.807) is 0 Å². The van der Waals surface area contributed by atoms with E-state index in [-0.39, 0.29) is 5.91 Å². The lowest BCUT2D eigenvalue weighted by atomic mass is 10.1. The van der Waals surface area contributed by atoms with Crippen molar-refractivity contribution in [2.75, 3.05) is 11.9 Å². The minimum atomic E-state index is -0.410. The van der Waals surface area contributed by atoms with Gasteiger partial charge < -0.3 is 5.32 Å². The number of nitrogens with one attached hydrogen (secondary N) is 1. The number of carbonyl (C=O) groups excluding carboxylic acids is 1. The topological polar surface area (TPSA) is 29.1 Å². The van der Waals surface area contributed by atoms with Gasteiger partial charge in [-0.1, -0.05) is 22.9 Å². The molecular weight excluding hydrogens is 353 g/mol. The lowest BCUT2D eigenvalue weighted by Gasteiger charge is -2.11. The van der Waals surface area contributed by atoms with E-state index in [2.05, 4.69) is 44.1 Å². The summed E-state index contributed by atoms with van der Waals surface area (Å²) < 4.78 is 13.6. The van der Waals surface area contributed by atoms with Crippen LogP contribution in [0.2, 0.25) is 0 Å². The molecule has 1 unspecified atom stereocenters. The van der Waals surface area contributed by atoms with Crippen LogP contribution >= 0.6 is 31.9 Å². The monoisotopic (exact) mass is 365 g/mol. The Morgan fingerprint density at radius 1 is 1.53 bits per heavy atom. The molecule has 94 valence electrons. The third-order valence-electron chi connectivity index (χ3n) is 2.39. The molecule has 0 bridgehead atoms. The fourth-order valence-electron chi connectivity index (χ4n) is 1.32. The number of hydrogen-bond donors (Lipinski definition) is 1. The Bertz CT molecular complexity index is 398. The molecule has 1 amide bonds. The molecule has 0 spiro atoms. The summed E-state index contributed by atoms with van der Waals surface area (Å²) in [6, 6.07) is 4.08. The van der Waals surface area contributed by atoms with Crippen molar-refractivity contribution >= 4 is 37.8 Å². The zero-order valence-corrected chi connectivity index (χ0v) is 12.6. The Morgan fingerprint density at radius 2 is 2.24 bits per heavy atom. The Labute approximate surface area is 117 Å². The maximum absolute atomic E-state index is 13.0. The normalized spacial score (nSPS) is 12.2. The van der Waals surface area contributed by atoms with Gasteiger partial charge in [0.1, 0.15) is 5.82 Å². The third kappa shape index (κ3) is 4.76. The van der Waals surface area contributed by atoms with Gasteiger partial charge in [0.15, 0.2) is 0 Å². The Kier molecular flexibility index (Phi) is 6.12. The van der Waals surface area contributed by atoms with Gasteiger partial charge in [-0.05, 0) is 46.5 Å². The van der Waals surface area contributed by atoms with Crippen molar-refractivity contribution in [1.29, 1.82) is 0 Å². The fourth-order valence-corrected chi connectivity index (χ4v) is 2.53. The van der Waals surface area contributed by atoms with Crippen LogP contribution in [0.5, 0.6) is 0 Å². The number of carbonyl (C=O) groups is 1. The first-order valence-electron chi connectivity index (χ1n) is 5.33. The van der Waals surface area contributed by atoms with Crippen LogP contribution in [0.3, 0.4) is 0 Å². The SMILES string of the molecule is CC(CCBr)CNC(=O)c1cc(F)ccc1Br. The van der Waals surface area contributed by atoms with Crippen LogP contribution in [0.15, 0.2) is 22.7 Å². The largest absolute Gasteiger partial charge is 0.352 e. The molecule has 1 atom stereocenters. The van der Waals surface area contributed by atoms with Crippen LogP contribution in [0, 0.1) is 11.7 Å². The molecule has 1 rings (SSSR count). The van der Waals surface area contributed by atoms with Crippen LogP contribution in [0.1, 0.15) is 23.7 Å². The highest BCUT2D eigenvalue weighted by Gasteiger charge is 2.11. The molecular formula is C12H14Br2FNO. The number of alkyl halides is 1. The number of rotatable bonds is 5. The number of benzene rings is 1. The molecule has 0 aliphatic heterocycles. The number of amides is 1. The highest BCUT2D eigenvalue weighted by Crippen LogP contribution is 2.17. The summed E-state index contributed by atoms with van der Waals surface area (Å²) in [5.74, 6) is -0.268. The summed E-state index contributed by atoms with van der Waals surface area (Å²) in [6.07, 6.45) is 0.991. The van der Waals surface area contributed by atoms with E-state index < -0.39 is 5.82 Å². The molecule has 2 nitrogen and oxygen atoms in total. The van der Waals surface area contributed by atoms with Crippen molar-refractivity contribution in [2.24, 2.45) is 5.92 Å². The second-order valence-electron chi connectivity index (χ2n) is 3.92. The lowest BCUT2D eigenvalue weighted by Crippen LogP contribution is -2.28. The zero-order valence-electron chi connectivity index (χ0n) is 9.47. The van der Waals surface area contributed by atoms with Gasteiger partial charge >= 0.3 is 0 Å². The first-order chi connectivity index (χ1) is 8.04. The smallest absolute Gasteiger partial charge is 0.252 e. The lowest BCUT2D eigenvalue weighted by molar-refractivity contribution is 0.0946. The molecule has 1 aromatic carbocycles. The fraction of sp³-hybridized carbons (Fsp3) is 0.417. The highest BCUT2D eigenvalue weighted by molar-refractivity contribution is 9.10. The van der Waals surface area contributed by atoms with E-state index >= 15 is 0 Å². The van der Waals surface area contributed by atoms with E-state index in [0.717, 1.165) is 11.8 Å². The van der Waals surface area contributed by atoms with Crippen LogP contribution in [-0.2, 0) is 0 Å². The summed E-state index contributed by atoms with van der Waals surface area (Å²) in [4.78, 5) is 11.8. The summed E-state index contributed by atoms with van der Waals surface area (Å²) in [5.41, 5.74) is 0.330. The predicted octanol–water partition coefficient (Wildman–Crippen LogP) is 3.74. The van der Waals surface area contributed by atoms with Gasteiger partial charge in [-0.15, -0.1) is 0 Å². The molecule has 1 N–H and O–H groups in total. The van der Waals surface area contributed by atoms with Gasteiger partial charge in [0.05, 0.1) is 5.56 Å². The Hall–Kier alpha value is -0.420. The van der Waals surface area contributed by atoms with Gasteiger partial charge in [-0.25, -0.2) is 4.39 Å². The Balaban J connectivity index is 2.61. The molecule has 0 radical (unpaired) electrons. The van der Waals surface area contributed by atoms with Crippen LogP contribution in [0.25, 0.3) is 0 Å². The maximum Gasteiger partial charge on any atom is 0.252 e. The summed E-state index contributed by atoms with van der Waals surface area (Å²) in [6.45, 7) is 2.65. The summed E-state index contributed by atoms with van der Waals surface area (Å²) >= 11 is 6.59. The molecule has 0 fully saturated rings. The average Bonchev–Trinajstić information content (AvgIpc) is 2.29. The van der Waals surface area contributed by atoms with Gasteiger partial charge in [-0.2, -0.15) is 0 Å². The number of hydrogen-bond acceptors (Lipinski definition) is 1. The van der Waals surface area contributed by atoms with Crippen molar-refractivity contribution in [3.05, 3.63) is 34.1 Å². The standard InChI is InChI=1S/C12H14Br2FNO/c1-8(4-5-13)7-16-12(17)10-6-9(15)2-3-11(10)14/h2-3,6,8H,4-5,7H2,1H3,(H,16,17). The maximum atomic E-state index is 13.0. The van der Waals surface area contributed by atoms with Crippen molar-refractivity contribution in [1.82, 2.24) is 5.32 Å². The van der Waals surface area contributed by atoms with Gasteiger partial charge in [0.25, 0.3) is 5.91 Å². The van der Waals surface area contributed by atoms with Crippen molar-refractivity contribution in [3.8, 4) is 0 Å². The molecule has 0 aromatic heterocycles. The van der Waals surface area contributed by atoms with Gasteiger partial charge in [0, 0.05) is 16.3 Å². The quantitative estimate of drug-likeness (QED) is 0.790. The second-order valence-corrected chi connectivity index (χ2v) is 5.56. The minimum absolute atomic E-state index is 0.252. The van der Waals surface area contributed by atoms with Crippen LogP contribution in [0.4, 0.5) is 4.39 Å². The van der Waals surface area contributed by atoms with E-state index in [1.807, 2.05) is 0 Å². The van der Waals surface area contributed by atoms with E-state index in [1.165, 1.54) is 18.2 Å². The van der Waals surface area contributed by atoms with E-state index in [0.29, 0.717) is 22.5 Å². The minimum Gasteiger partial charge on any atom is -0.352 e. The van der Waals surface area contributed by atoms with Gasteiger partial charge in [-0.3, -0.25) is 4.79 Å². The first-order valence-corrected chi connectivity index (χ1v) is 7.25. The first kappa shape index (κ1) is 14.6. The molecule has 17 heavy (non-hydrogen) atoms. The third-order valence-corrected chi connectivity index (χ3v) is 3.54. The molecule has 0 aliphatic carbocycles. The molecule has 1 aromatic rings. The highest BCUT2D eigenvalue weighted by atomic mass is 79.9. The number of halogens is 3. The van der Waals surface area contributed by atoms with E-state index in [4.69, 9.17) is 0 Å². The van der Waals surface area contributed by atoms with E-state index in [9.17, 15) is 9.18 Å². The van der Waals surface area contributed by atoms with Crippen molar-refractivity contribution < 1.29 is 9.18 Å². The van der Waals surface area contributed by atoms with Crippen LogP contribution < -0.4 is 5.32 Å². The summed E-state index contributed by atoms with van der Waals surface area (Å²) in [7, 11) is 0. The second kappa shape index (κ2) is 7.11. The van der Waals surface area contributed by atoms with Crippen LogP contribution in [-0.4, -0.2) is 17.8 Å². The summed E-state index contributed by atoms with van der Waals surface area (Å²) in [5, 5.41) is 3.71. The molecule has 0 saturated heterocycles. The van der Waals surface area contributed by atoms with Crippen molar-refractivity contribution in [2.45, 2.75) is 13.3 Å². The molecule has 0 aliphatic rings. The predicted molar refractivity (Wildman–Crippen MR) is 74.0 cm³/mol. The molecule has 0 saturated carbocycles. The Morgan fingerprint density at radius 3 is 2.88 bits per heavy atom. The molecule has 0 heterocycles. The molecule has 5 heteroatoms. The van der Waals surface area contributed by atoms with Crippen molar-refractivity contribution in [3.63, 3.8) is 0 Å².